The summed E-state index contributed by atoms with van der Waals surface area (Å²) < 4.78 is 11.0. The SMILES string of the molecule is CCNC(=NCc1ccc(C)cc1OC)NCCCN1C(=O)COc2ccccc21.I. The van der Waals surface area contributed by atoms with E-state index >= 15 is 0 Å². The zero-order chi connectivity index (χ0) is 21.3. The predicted octanol–water partition coefficient (Wildman–Crippen LogP) is 3.49. The van der Waals surface area contributed by atoms with E-state index in [0.29, 0.717) is 19.6 Å². The number of hydrogen-bond donors (Lipinski definition) is 2. The Balaban J connectivity index is 0.00000341. The number of carbonyl (C=O) groups excluding carboxylic acids is 1. The number of anilines is 1. The number of carbonyl (C=O) groups is 1. The molecule has 0 atom stereocenters. The molecule has 1 amide bonds. The van der Waals surface area contributed by atoms with Crippen LogP contribution in [-0.4, -0.2) is 45.2 Å². The summed E-state index contributed by atoms with van der Waals surface area (Å²) in [5, 5.41) is 6.61. The minimum absolute atomic E-state index is 0. The number of benzene rings is 2. The second-order valence-electron chi connectivity index (χ2n) is 7.09. The first-order chi connectivity index (χ1) is 14.6. The van der Waals surface area contributed by atoms with Crippen molar-refractivity contribution in [3.63, 3.8) is 0 Å². The predicted molar refractivity (Wildman–Crippen MR) is 135 cm³/mol. The maximum atomic E-state index is 12.3. The maximum absolute atomic E-state index is 12.3. The molecule has 0 aliphatic carbocycles. The Kier molecular flexibility index (Phi) is 9.90. The summed E-state index contributed by atoms with van der Waals surface area (Å²) in [4.78, 5) is 18.7. The van der Waals surface area contributed by atoms with Gasteiger partial charge in [-0.3, -0.25) is 4.79 Å². The van der Waals surface area contributed by atoms with Crippen molar-refractivity contribution < 1.29 is 14.3 Å². The van der Waals surface area contributed by atoms with E-state index in [0.717, 1.165) is 47.2 Å². The quantitative estimate of drug-likeness (QED) is 0.233. The molecule has 8 heteroatoms. The molecule has 0 bridgehead atoms. The molecule has 1 aliphatic rings. The number of methoxy groups -OCH3 is 1. The van der Waals surface area contributed by atoms with Crippen molar-refractivity contribution in [2.24, 2.45) is 4.99 Å². The molecular formula is C23H31IN4O3. The smallest absolute Gasteiger partial charge is 0.265 e. The van der Waals surface area contributed by atoms with Gasteiger partial charge in [0.1, 0.15) is 11.5 Å². The Morgan fingerprint density at radius 3 is 2.81 bits per heavy atom. The van der Waals surface area contributed by atoms with Gasteiger partial charge in [-0.1, -0.05) is 24.3 Å². The third-order valence-corrected chi connectivity index (χ3v) is 4.85. The van der Waals surface area contributed by atoms with Crippen LogP contribution in [0.15, 0.2) is 47.5 Å². The van der Waals surface area contributed by atoms with Crippen LogP contribution in [0, 0.1) is 6.92 Å². The Morgan fingerprint density at radius 1 is 1.23 bits per heavy atom. The van der Waals surface area contributed by atoms with Crippen LogP contribution in [-0.2, 0) is 11.3 Å². The van der Waals surface area contributed by atoms with E-state index in [4.69, 9.17) is 9.47 Å². The summed E-state index contributed by atoms with van der Waals surface area (Å²) in [5.41, 5.74) is 3.03. The normalized spacial score (nSPS) is 13.1. The lowest BCUT2D eigenvalue weighted by Gasteiger charge is -2.29. The molecule has 2 aromatic carbocycles. The first-order valence-corrected chi connectivity index (χ1v) is 10.3. The van der Waals surface area contributed by atoms with Crippen LogP contribution in [0.2, 0.25) is 0 Å². The number of aliphatic imine (C=N–C) groups is 1. The highest BCUT2D eigenvalue weighted by atomic mass is 127. The average Bonchev–Trinajstić information content (AvgIpc) is 2.76. The van der Waals surface area contributed by atoms with Crippen LogP contribution < -0.4 is 25.0 Å². The first-order valence-electron chi connectivity index (χ1n) is 10.3. The molecular weight excluding hydrogens is 507 g/mol. The van der Waals surface area contributed by atoms with Crippen LogP contribution >= 0.6 is 24.0 Å². The molecule has 0 aromatic heterocycles. The van der Waals surface area contributed by atoms with Crippen molar-refractivity contribution >= 4 is 41.5 Å². The Morgan fingerprint density at radius 2 is 2.03 bits per heavy atom. The number of aryl methyl sites for hydroxylation is 1. The van der Waals surface area contributed by atoms with E-state index in [1.165, 1.54) is 0 Å². The summed E-state index contributed by atoms with van der Waals surface area (Å²) in [7, 11) is 1.68. The third kappa shape index (κ3) is 6.75. The van der Waals surface area contributed by atoms with Crippen LogP contribution in [0.5, 0.6) is 11.5 Å². The molecule has 3 rings (SSSR count). The number of ether oxygens (including phenoxy) is 2. The van der Waals surface area contributed by atoms with E-state index < -0.39 is 0 Å². The van der Waals surface area contributed by atoms with Gasteiger partial charge in [-0.15, -0.1) is 24.0 Å². The number of fused-ring (bicyclic) bond motifs is 1. The molecule has 168 valence electrons. The molecule has 1 aliphatic heterocycles. The number of amides is 1. The van der Waals surface area contributed by atoms with E-state index in [2.05, 4.69) is 21.7 Å². The number of guanidine groups is 1. The van der Waals surface area contributed by atoms with E-state index in [1.807, 2.05) is 50.2 Å². The molecule has 0 radical (unpaired) electrons. The summed E-state index contributed by atoms with van der Waals surface area (Å²) in [5.74, 6) is 2.33. The number of hydrogen-bond acceptors (Lipinski definition) is 4. The Hall–Kier alpha value is -2.49. The van der Waals surface area contributed by atoms with Gasteiger partial charge in [0, 0.05) is 25.2 Å². The van der Waals surface area contributed by atoms with Crippen LogP contribution in [0.3, 0.4) is 0 Å². The minimum Gasteiger partial charge on any atom is -0.496 e. The number of nitrogens with zero attached hydrogens (tertiary/aromatic N) is 2. The van der Waals surface area contributed by atoms with Gasteiger partial charge >= 0.3 is 0 Å². The standard InChI is InChI=1S/C23H30N4O3.HI/c1-4-24-23(26-15-18-11-10-17(2)14-21(18)29-3)25-12-7-13-27-19-8-5-6-9-20(19)30-16-22(27)28;/h5-6,8-11,14H,4,7,12-13,15-16H2,1-3H3,(H2,24,25,26);1H. The largest absolute Gasteiger partial charge is 0.496 e. The number of halogens is 1. The lowest BCUT2D eigenvalue weighted by molar-refractivity contribution is -0.121. The van der Waals surface area contributed by atoms with Gasteiger partial charge in [0.25, 0.3) is 5.91 Å². The molecule has 7 nitrogen and oxygen atoms in total. The summed E-state index contributed by atoms with van der Waals surface area (Å²) in [6.07, 6.45) is 0.790. The van der Waals surface area contributed by atoms with Gasteiger partial charge in [0.2, 0.25) is 0 Å². The third-order valence-electron chi connectivity index (χ3n) is 4.85. The number of rotatable bonds is 8. The molecule has 31 heavy (non-hydrogen) atoms. The van der Waals surface area contributed by atoms with Crippen LogP contribution in [0.25, 0.3) is 0 Å². The molecule has 2 aromatic rings. The van der Waals surface area contributed by atoms with Crippen molar-refractivity contribution in [3.8, 4) is 11.5 Å². The van der Waals surface area contributed by atoms with Gasteiger partial charge in [0.15, 0.2) is 12.6 Å². The van der Waals surface area contributed by atoms with E-state index in [-0.39, 0.29) is 36.5 Å². The van der Waals surface area contributed by atoms with Crippen LogP contribution in [0.1, 0.15) is 24.5 Å². The summed E-state index contributed by atoms with van der Waals surface area (Å²) in [6.45, 7) is 6.78. The second-order valence-corrected chi connectivity index (χ2v) is 7.09. The zero-order valence-electron chi connectivity index (χ0n) is 18.3. The minimum atomic E-state index is -0.0132. The van der Waals surface area contributed by atoms with Crippen molar-refractivity contribution in [3.05, 3.63) is 53.6 Å². The topological polar surface area (TPSA) is 75.2 Å². The maximum Gasteiger partial charge on any atom is 0.265 e. The van der Waals surface area contributed by atoms with Gasteiger partial charge in [-0.2, -0.15) is 0 Å². The Bertz CT molecular complexity index is 904. The average molecular weight is 538 g/mol. The fourth-order valence-electron chi connectivity index (χ4n) is 3.33. The molecule has 1 heterocycles. The second kappa shape index (κ2) is 12.4. The molecule has 0 saturated carbocycles. The monoisotopic (exact) mass is 538 g/mol. The van der Waals surface area contributed by atoms with Crippen LogP contribution in [0.4, 0.5) is 5.69 Å². The van der Waals surface area contributed by atoms with Crippen molar-refractivity contribution in [1.29, 1.82) is 0 Å². The van der Waals surface area contributed by atoms with Crippen molar-refractivity contribution in [2.45, 2.75) is 26.8 Å². The number of para-hydroxylation sites is 2. The Labute approximate surface area is 201 Å². The fraction of sp³-hybridized carbons (Fsp3) is 0.391. The molecule has 0 saturated heterocycles. The van der Waals surface area contributed by atoms with Gasteiger partial charge in [-0.25, -0.2) is 4.99 Å². The molecule has 0 unspecified atom stereocenters. The summed E-state index contributed by atoms with van der Waals surface area (Å²) >= 11 is 0. The lowest BCUT2D eigenvalue weighted by Crippen LogP contribution is -2.42. The summed E-state index contributed by atoms with van der Waals surface area (Å²) in [6, 6.07) is 13.8. The highest BCUT2D eigenvalue weighted by Crippen LogP contribution is 2.31. The van der Waals surface area contributed by atoms with Gasteiger partial charge in [0.05, 0.1) is 19.3 Å². The highest BCUT2D eigenvalue weighted by molar-refractivity contribution is 14.0. The molecule has 0 fully saturated rings. The number of nitrogens with one attached hydrogen (secondary N) is 2. The molecule has 0 spiro atoms. The van der Waals surface area contributed by atoms with Crippen molar-refractivity contribution in [2.75, 3.05) is 38.3 Å². The lowest BCUT2D eigenvalue weighted by atomic mass is 10.1. The van der Waals surface area contributed by atoms with Gasteiger partial charge in [-0.05, 0) is 44.0 Å². The van der Waals surface area contributed by atoms with E-state index in [1.54, 1.807) is 12.0 Å². The first kappa shape index (κ1) is 24.8. The highest BCUT2D eigenvalue weighted by Gasteiger charge is 2.24. The fourth-order valence-corrected chi connectivity index (χ4v) is 3.33. The van der Waals surface area contributed by atoms with Crippen molar-refractivity contribution in [1.82, 2.24) is 10.6 Å². The molecule has 2 N–H and O–H groups in total. The zero-order valence-corrected chi connectivity index (χ0v) is 20.6. The van der Waals surface area contributed by atoms with Gasteiger partial charge < -0.3 is 25.0 Å². The van der Waals surface area contributed by atoms with E-state index in [9.17, 15) is 4.79 Å².